The Kier molecular flexibility index (Phi) is 6.33. The average molecular weight is 489 g/mol. The van der Waals surface area contributed by atoms with Gasteiger partial charge in [0.2, 0.25) is 0 Å². The van der Waals surface area contributed by atoms with Gasteiger partial charge in [-0.05, 0) is 89.3 Å². The molecule has 2 aliphatic heterocycles. The van der Waals surface area contributed by atoms with Crippen molar-refractivity contribution in [3.63, 3.8) is 0 Å². The van der Waals surface area contributed by atoms with E-state index in [1.807, 2.05) is 0 Å². The van der Waals surface area contributed by atoms with Crippen LogP contribution in [0.2, 0.25) is 0 Å². The van der Waals surface area contributed by atoms with Gasteiger partial charge in [0.15, 0.2) is 11.6 Å². The minimum atomic E-state index is -1.24. The fraction of sp³-hybridized carbons (Fsp3) is 0.630. The van der Waals surface area contributed by atoms with Crippen molar-refractivity contribution in [3.05, 3.63) is 41.7 Å². The van der Waals surface area contributed by atoms with Gasteiger partial charge in [0.25, 0.3) is 0 Å². The van der Waals surface area contributed by atoms with E-state index in [4.69, 9.17) is 4.74 Å². The van der Waals surface area contributed by atoms with E-state index in [-0.39, 0.29) is 22.5 Å². The number of aromatic nitrogens is 2. The summed E-state index contributed by atoms with van der Waals surface area (Å²) in [7, 11) is 0. The van der Waals surface area contributed by atoms with E-state index in [0.29, 0.717) is 35.7 Å². The van der Waals surface area contributed by atoms with E-state index in [0.717, 1.165) is 51.4 Å². The third kappa shape index (κ3) is 5.48. The van der Waals surface area contributed by atoms with Crippen LogP contribution in [0.15, 0.2) is 24.3 Å². The summed E-state index contributed by atoms with van der Waals surface area (Å²) in [5.41, 5.74) is -0.261. The largest absolute Gasteiger partial charge is 0.370 e. The molecule has 1 aromatic carbocycles. The summed E-state index contributed by atoms with van der Waals surface area (Å²) in [5, 5.41) is 11.6. The highest BCUT2D eigenvalue weighted by atomic mass is 19.2. The SMILES string of the molecule is CC1(C)CC(CN2C[C@H]3C[C@H](Nc4ccc(-c5cc(F)cc(F)c5F)nn4)C[C@H]3C2)CC(C)(C)O1. The number of benzene rings is 1. The first-order chi connectivity index (χ1) is 16.5. The number of fused-ring (bicyclic) bond motifs is 1. The summed E-state index contributed by atoms with van der Waals surface area (Å²) in [6.45, 7) is 12.2. The Balaban J connectivity index is 1.14. The van der Waals surface area contributed by atoms with E-state index in [1.165, 1.54) is 0 Å². The van der Waals surface area contributed by atoms with Gasteiger partial charge in [0.05, 0.1) is 16.9 Å². The normalized spacial score (nSPS) is 28.3. The standard InChI is InChI=1S/C27H35F3N4O/c1-26(2)11-16(12-27(3,4)35-26)13-34-14-17-7-20(8-18(17)15-34)31-24-6-5-23(32-33-24)21-9-19(28)10-22(29)25(21)30/h5-6,9-10,16-18,20H,7-8,11-15H2,1-4H3,(H,31,33)/t17-,18+,20+. The number of nitrogens with zero attached hydrogens (tertiary/aromatic N) is 3. The van der Waals surface area contributed by atoms with Crippen molar-refractivity contribution in [2.75, 3.05) is 25.0 Å². The number of hydrogen-bond donors (Lipinski definition) is 1. The molecule has 0 unspecified atom stereocenters. The average Bonchev–Trinajstić information content (AvgIpc) is 3.26. The molecule has 0 amide bonds. The molecule has 3 heterocycles. The number of likely N-dealkylation sites (tertiary alicyclic amines) is 1. The van der Waals surface area contributed by atoms with Crippen LogP contribution in [0.25, 0.3) is 11.3 Å². The highest BCUT2D eigenvalue weighted by Crippen LogP contribution is 2.42. The molecule has 3 fully saturated rings. The molecule has 5 rings (SSSR count). The highest BCUT2D eigenvalue weighted by Gasteiger charge is 2.44. The summed E-state index contributed by atoms with van der Waals surface area (Å²) >= 11 is 0. The molecule has 2 aromatic rings. The van der Waals surface area contributed by atoms with Gasteiger partial charge in [0.1, 0.15) is 11.6 Å². The smallest absolute Gasteiger partial charge is 0.168 e. The Hall–Kier alpha value is -2.19. The Morgan fingerprint density at radius 3 is 2.23 bits per heavy atom. The van der Waals surface area contributed by atoms with E-state index in [9.17, 15) is 13.2 Å². The van der Waals surface area contributed by atoms with Crippen LogP contribution in [0.3, 0.4) is 0 Å². The van der Waals surface area contributed by atoms with Crippen LogP contribution in [0.1, 0.15) is 53.4 Å². The molecule has 1 aliphatic carbocycles. The van der Waals surface area contributed by atoms with Gasteiger partial charge in [0, 0.05) is 37.3 Å². The summed E-state index contributed by atoms with van der Waals surface area (Å²) in [6, 6.07) is 5.00. The molecule has 0 radical (unpaired) electrons. The number of nitrogens with one attached hydrogen (secondary N) is 1. The minimum absolute atomic E-state index is 0.0672. The number of anilines is 1. The molecular weight excluding hydrogens is 453 g/mol. The molecule has 5 nitrogen and oxygen atoms in total. The van der Waals surface area contributed by atoms with Crippen LogP contribution in [-0.4, -0.2) is 52.0 Å². The van der Waals surface area contributed by atoms with Crippen molar-refractivity contribution in [1.29, 1.82) is 0 Å². The van der Waals surface area contributed by atoms with Gasteiger partial charge < -0.3 is 15.0 Å². The van der Waals surface area contributed by atoms with Gasteiger partial charge in [-0.3, -0.25) is 0 Å². The Labute approximate surface area is 205 Å². The molecular formula is C27H35F3N4O. The number of ether oxygens (including phenoxy) is 1. The van der Waals surface area contributed by atoms with Gasteiger partial charge in [-0.1, -0.05) is 0 Å². The van der Waals surface area contributed by atoms with E-state index in [1.54, 1.807) is 12.1 Å². The van der Waals surface area contributed by atoms with Crippen LogP contribution < -0.4 is 5.32 Å². The van der Waals surface area contributed by atoms with Gasteiger partial charge in [-0.2, -0.15) is 0 Å². The first-order valence-corrected chi connectivity index (χ1v) is 12.6. The zero-order chi connectivity index (χ0) is 25.0. The third-order valence-electron chi connectivity index (χ3n) is 7.74. The molecule has 190 valence electrons. The highest BCUT2D eigenvalue weighted by molar-refractivity contribution is 5.60. The van der Waals surface area contributed by atoms with Gasteiger partial charge in [-0.15, -0.1) is 10.2 Å². The van der Waals surface area contributed by atoms with Crippen molar-refractivity contribution in [2.45, 2.75) is 70.6 Å². The molecule has 0 bridgehead atoms. The maximum absolute atomic E-state index is 14.0. The third-order valence-corrected chi connectivity index (χ3v) is 7.74. The molecule has 1 aromatic heterocycles. The lowest BCUT2D eigenvalue weighted by atomic mass is 9.80. The first kappa shape index (κ1) is 24.5. The fourth-order valence-corrected chi connectivity index (χ4v) is 6.96. The molecule has 2 saturated heterocycles. The van der Waals surface area contributed by atoms with Crippen molar-refractivity contribution in [1.82, 2.24) is 15.1 Å². The van der Waals surface area contributed by atoms with Crippen LogP contribution in [0, 0.1) is 35.2 Å². The molecule has 8 heteroatoms. The van der Waals surface area contributed by atoms with Crippen LogP contribution in [-0.2, 0) is 4.74 Å². The predicted molar refractivity (Wildman–Crippen MR) is 129 cm³/mol. The van der Waals surface area contributed by atoms with Gasteiger partial charge >= 0.3 is 0 Å². The Morgan fingerprint density at radius 1 is 0.971 bits per heavy atom. The quantitative estimate of drug-likeness (QED) is 0.550. The van der Waals surface area contributed by atoms with E-state index in [2.05, 4.69) is 48.1 Å². The van der Waals surface area contributed by atoms with E-state index >= 15 is 0 Å². The summed E-state index contributed by atoms with van der Waals surface area (Å²) < 4.78 is 47.3. The van der Waals surface area contributed by atoms with Gasteiger partial charge in [-0.25, -0.2) is 13.2 Å². The fourth-order valence-electron chi connectivity index (χ4n) is 6.96. The topological polar surface area (TPSA) is 50.3 Å². The molecule has 3 atom stereocenters. The van der Waals surface area contributed by atoms with Crippen molar-refractivity contribution in [3.8, 4) is 11.3 Å². The number of hydrogen-bond acceptors (Lipinski definition) is 5. The predicted octanol–water partition coefficient (Wildman–Crippen LogP) is 5.67. The summed E-state index contributed by atoms with van der Waals surface area (Å²) in [5.74, 6) is -0.609. The first-order valence-electron chi connectivity index (χ1n) is 12.6. The molecule has 1 N–H and O–H groups in total. The van der Waals surface area contributed by atoms with Crippen molar-refractivity contribution in [2.24, 2.45) is 17.8 Å². The van der Waals surface area contributed by atoms with Crippen LogP contribution in [0.5, 0.6) is 0 Å². The second kappa shape index (κ2) is 9.04. The monoisotopic (exact) mass is 488 g/mol. The minimum Gasteiger partial charge on any atom is -0.370 e. The molecule has 35 heavy (non-hydrogen) atoms. The number of rotatable bonds is 5. The van der Waals surface area contributed by atoms with Crippen LogP contribution in [0.4, 0.5) is 19.0 Å². The van der Waals surface area contributed by atoms with E-state index < -0.39 is 17.5 Å². The Bertz CT molecular complexity index is 1040. The Morgan fingerprint density at radius 2 is 1.63 bits per heavy atom. The molecule has 0 spiro atoms. The number of halogens is 3. The maximum Gasteiger partial charge on any atom is 0.168 e. The maximum atomic E-state index is 14.0. The molecule has 1 saturated carbocycles. The lowest BCUT2D eigenvalue weighted by Gasteiger charge is -2.46. The second-order valence-electron chi connectivity index (χ2n) is 12.0. The zero-order valence-electron chi connectivity index (χ0n) is 21.0. The summed E-state index contributed by atoms with van der Waals surface area (Å²) in [6.07, 6.45) is 4.37. The van der Waals surface area contributed by atoms with Crippen molar-refractivity contribution >= 4 is 5.82 Å². The van der Waals surface area contributed by atoms with Crippen LogP contribution >= 0.6 is 0 Å². The second-order valence-corrected chi connectivity index (χ2v) is 12.0. The zero-order valence-corrected chi connectivity index (χ0v) is 21.0. The van der Waals surface area contributed by atoms with Crippen molar-refractivity contribution < 1.29 is 17.9 Å². The lowest BCUT2D eigenvalue weighted by molar-refractivity contribution is -0.174. The lowest BCUT2D eigenvalue weighted by Crippen LogP contribution is -2.47. The summed E-state index contributed by atoms with van der Waals surface area (Å²) in [4.78, 5) is 2.65. The molecule has 3 aliphatic rings.